The summed E-state index contributed by atoms with van der Waals surface area (Å²) in [6, 6.07) is 3.75. The minimum absolute atomic E-state index is 0.0278. The molecule has 2 rings (SSSR count). The summed E-state index contributed by atoms with van der Waals surface area (Å²) in [5.74, 6) is 0.888. The smallest absolute Gasteiger partial charge is 0.134 e. The molecule has 1 fully saturated rings. The summed E-state index contributed by atoms with van der Waals surface area (Å²) in [5, 5.41) is 18.2. The number of hydrogen-bond donors (Lipinski definition) is 2. The van der Waals surface area contributed by atoms with Crippen LogP contribution in [0, 0.1) is 0 Å². The van der Waals surface area contributed by atoms with Crippen molar-refractivity contribution in [2.75, 3.05) is 44.2 Å². The van der Waals surface area contributed by atoms with Crippen LogP contribution in [0.5, 0.6) is 0 Å². The molecule has 5 nitrogen and oxygen atoms in total. The minimum atomic E-state index is 0.0278. The van der Waals surface area contributed by atoms with Crippen LogP contribution in [0.25, 0.3) is 0 Å². The molecule has 94 valence electrons. The van der Waals surface area contributed by atoms with E-state index in [4.69, 9.17) is 5.11 Å². The molecule has 0 bridgehead atoms. The molecule has 1 aromatic rings. The molecule has 0 unspecified atom stereocenters. The molecule has 5 heteroatoms. The molecule has 17 heavy (non-hydrogen) atoms. The molecule has 0 radical (unpaired) electrons. The van der Waals surface area contributed by atoms with Gasteiger partial charge in [-0.1, -0.05) is 6.07 Å². The monoisotopic (exact) mass is 237 g/mol. The van der Waals surface area contributed by atoms with Crippen LogP contribution in [0.1, 0.15) is 5.56 Å². The number of nitrogens with zero attached hydrogens (tertiary/aromatic N) is 3. The molecule has 2 N–H and O–H groups in total. The Morgan fingerprint density at radius 2 is 1.94 bits per heavy atom. The zero-order valence-electron chi connectivity index (χ0n) is 9.92. The first-order valence-electron chi connectivity index (χ1n) is 5.98. The van der Waals surface area contributed by atoms with Crippen molar-refractivity contribution in [2.24, 2.45) is 0 Å². The summed E-state index contributed by atoms with van der Waals surface area (Å²) in [4.78, 5) is 8.77. The van der Waals surface area contributed by atoms with Gasteiger partial charge in [-0.3, -0.25) is 4.90 Å². The molecule has 0 atom stereocenters. The topological polar surface area (TPSA) is 59.8 Å². The highest BCUT2D eigenvalue weighted by Gasteiger charge is 2.19. The van der Waals surface area contributed by atoms with Crippen LogP contribution < -0.4 is 4.90 Å². The average molecular weight is 237 g/mol. The van der Waals surface area contributed by atoms with Crippen molar-refractivity contribution in [3.05, 3.63) is 23.9 Å². The highest BCUT2D eigenvalue weighted by molar-refractivity contribution is 5.46. The molecule has 1 saturated heterocycles. The summed E-state index contributed by atoms with van der Waals surface area (Å²) in [6.07, 6.45) is 1.76. The number of aliphatic hydroxyl groups excluding tert-OH is 2. The van der Waals surface area contributed by atoms with E-state index in [1.165, 1.54) is 0 Å². The molecular weight excluding hydrogens is 218 g/mol. The number of aliphatic hydroxyl groups is 2. The maximum absolute atomic E-state index is 9.28. The summed E-state index contributed by atoms with van der Waals surface area (Å²) >= 11 is 0. The maximum atomic E-state index is 9.28. The first kappa shape index (κ1) is 12.3. The number of rotatable bonds is 4. The van der Waals surface area contributed by atoms with Crippen molar-refractivity contribution in [3.8, 4) is 0 Å². The minimum Gasteiger partial charge on any atom is -0.395 e. The van der Waals surface area contributed by atoms with Gasteiger partial charge in [-0.15, -0.1) is 0 Å². The predicted molar refractivity (Wildman–Crippen MR) is 65.9 cm³/mol. The molecule has 1 aliphatic heterocycles. The standard InChI is InChI=1S/C12H19N3O2/c16-9-8-14-4-6-15(7-5-14)12-11(10-17)2-1-3-13-12/h1-3,16-17H,4-10H2. The zero-order valence-corrected chi connectivity index (χ0v) is 9.92. The summed E-state index contributed by atoms with van der Waals surface area (Å²) < 4.78 is 0. The highest BCUT2D eigenvalue weighted by atomic mass is 16.3. The lowest BCUT2D eigenvalue weighted by Gasteiger charge is -2.35. The second-order valence-corrected chi connectivity index (χ2v) is 4.20. The van der Waals surface area contributed by atoms with Crippen molar-refractivity contribution in [1.82, 2.24) is 9.88 Å². The summed E-state index contributed by atoms with van der Waals surface area (Å²) in [6.45, 7) is 4.63. The van der Waals surface area contributed by atoms with E-state index in [0.29, 0.717) is 0 Å². The van der Waals surface area contributed by atoms with Gasteiger partial charge in [-0.05, 0) is 6.07 Å². The largest absolute Gasteiger partial charge is 0.395 e. The van der Waals surface area contributed by atoms with Gasteiger partial charge < -0.3 is 15.1 Å². The van der Waals surface area contributed by atoms with E-state index in [1.54, 1.807) is 6.20 Å². The van der Waals surface area contributed by atoms with E-state index >= 15 is 0 Å². The fraction of sp³-hybridized carbons (Fsp3) is 0.583. The molecule has 1 aromatic heterocycles. The average Bonchev–Trinajstić information content (AvgIpc) is 2.40. The molecule has 0 amide bonds. The Labute approximate surface area is 101 Å². The lowest BCUT2D eigenvalue weighted by atomic mass is 10.2. The third kappa shape index (κ3) is 2.94. The molecule has 0 aromatic carbocycles. The van der Waals surface area contributed by atoms with Gasteiger partial charge in [0, 0.05) is 44.5 Å². The van der Waals surface area contributed by atoms with Crippen LogP contribution in [0.2, 0.25) is 0 Å². The molecule has 0 aliphatic carbocycles. The SMILES string of the molecule is OCCN1CCN(c2ncccc2CO)CC1. The second-order valence-electron chi connectivity index (χ2n) is 4.20. The van der Waals surface area contributed by atoms with Crippen LogP contribution in [0.15, 0.2) is 18.3 Å². The van der Waals surface area contributed by atoms with Crippen LogP contribution in [0.3, 0.4) is 0 Å². The first-order chi connectivity index (χ1) is 8.35. The Hall–Kier alpha value is -1.17. The lowest BCUT2D eigenvalue weighted by molar-refractivity contribution is 0.188. The van der Waals surface area contributed by atoms with Gasteiger partial charge in [0.15, 0.2) is 0 Å². The Balaban J connectivity index is 2.00. The van der Waals surface area contributed by atoms with E-state index in [2.05, 4.69) is 14.8 Å². The summed E-state index contributed by atoms with van der Waals surface area (Å²) in [5.41, 5.74) is 0.878. The molecule has 0 saturated carbocycles. The van der Waals surface area contributed by atoms with Crippen LogP contribution >= 0.6 is 0 Å². The van der Waals surface area contributed by atoms with Crippen molar-refractivity contribution in [2.45, 2.75) is 6.61 Å². The lowest BCUT2D eigenvalue weighted by Crippen LogP contribution is -2.47. The Bertz CT molecular complexity index is 351. The quantitative estimate of drug-likeness (QED) is 0.752. The van der Waals surface area contributed by atoms with Gasteiger partial charge in [0.05, 0.1) is 13.2 Å². The fourth-order valence-corrected chi connectivity index (χ4v) is 2.16. The van der Waals surface area contributed by atoms with Gasteiger partial charge in [-0.25, -0.2) is 4.98 Å². The second kappa shape index (κ2) is 5.95. The van der Waals surface area contributed by atoms with E-state index in [1.807, 2.05) is 12.1 Å². The van der Waals surface area contributed by atoms with Crippen LogP contribution in [-0.4, -0.2) is 59.4 Å². The summed E-state index contributed by atoms with van der Waals surface area (Å²) in [7, 11) is 0. The van der Waals surface area contributed by atoms with Crippen molar-refractivity contribution in [1.29, 1.82) is 0 Å². The maximum Gasteiger partial charge on any atom is 0.134 e. The number of hydrogen-bond acceptors (Lipinski definition) is 5. The number of pyridine rings is 1. The molecule has 2 heterocycles. The molecule has 1 aliphatic rings. The Morgan fingerprint density at radius 1 is 1.18 bits per heavy atom. The van der Waals surface area contributed by atoms with Crippen molar-refractivity contribution in [3.63, 3.8) is 0 Å². The number of piperazine rings is 1. The van der Waals surface area contributed by atoms with Gasteiger partial charge >= 0.3 is 0 Å². The van der Waals surface area contributed by atoms with Gasteiger partial charge in [0.2, 0.25) is 0 Å². The highest BCUT2D eigenvalue weighted by Crippen LogP contribution is 2.18. The van der Waals surface area contributed by atoms with Crippen LogP contribution in [-0.2, 0) is 6.61 Å². The van der Waals surface area contributed by atoms with Crippen molar-refractivity contribution < 1.29 is 10.2 Å². The van der Waals surface area contributed by atoms with Gasteiger partial charge in [-0.2, -0.15) is 0 Å². The third-order valence-electron chi connectivity index (χ3n) is 3.13. The number of aromatic nitrogens is 1. The van der Waals surface area contributed by atoms with Crippen molar-refractivity contribution >= 4 is 5.82 Å². The molecular formula is C12H19N3O2. The van der Waals surface area contributed by atoms with E-state index < -0.39 is 0 Å². The number of anilines is 1. The van der Waals surface area contributed by atoms with E-state index in [-0.39, 0.29) is 13.2 Å². The molecule has 0 spiro atoms. The zero-order chi connectivity index (χ0) is 12.1. The van der Waals surface area contributed by atoms with E-state index in [9.17, 15) is 5.11 Å². The van der Waals surface area contributed by atoms with Crippen LogP contribution in [0.4, 0.5) is 5.82 Å². The predicted octanol–water partition coefficient (Wildman–Crippen LogP) is -0.312. The normalized spacial score (nSPS) is 17.4. The van der Waals surface area contributed by atoms with Gasteiger partial charge in [0.25, 0.3) is 0 Å². The Morgan fingerprint density at radius 3 is 2.59 bits per heavy atom. The Kier molecular flexibility index (Phi) is 4.30. The third-order valence-corrected chi connectivity index (χ3v) is 3.13. The first-order valence-corrected chi connectivity index (χ1v) is 5.98. The number of β-amino-alcohol motifs (C(OH)–C–C–N with tert-alkyl or cyclic N) is 1. The fourth-order valence-electron chi connectivity index (χ4n) is 2.16. The van der Waals surface area contributed by atoms with Gasteiger partial charge in [0.1, 0.15) is 5.82 Å². The van der Waals surface area contributed by atoms with E-state index in [0.717, 1.165) is 44.1 Å².